The second kappa shape index (κ2) is 8.01. The lowest BCUT2D eigenvalue weighted by molar-refractivity contribution is 0.0810. The highest BCUT2D eigenvalue weighted by molar-refractivity contribution is 6.30. The van der Waals surface area contributed by atoms with Crippen LogP contribution in [-0.2, 0) is 0 Å². The first-order valence-electron chi connectivity index (χ1n) is 8.31. The van der Waals surface area contributed by atoms with Crippen LogP contribution in [0.2, 0.25) is 5.02 Å². The van der Waals surface area contributed by atoms with E-state index in [4.69, 9.17) is 17.3 Å². The summed E-state index contributed by atoms with van der Waals surface area (Å²) >= 11 is 5.94. The molecule has 3 rings (SSSR count). The molecule has 1 heterocycles. The monoisotopic (exact) mass is 383 g/mol. The summed E-state index contributed by atoms with van der Waals surface area (Å²) < 4.78 is 1.00. The second-order valence-corrected chi connectivity index (χ2v) is 6.51. The minimum Gasteiger partial charge on any atom is -0.368 e. The van der Waals surface area contributed by atoms with Gasteiger partial charge in [-0.05, 0) is 18.2 Å². The molecule has 1 aromatic heterocycles. The number of carbonyl (C=O) groups is 2. The molecular weight excluding hydrogens is 366 g/mol. The Kier molecular flexibility index (Phi) is 5.52. The summed E-state index contributed by atoms with van der Waals surface area (Å²) in [5.41, 5.74) is 7.04. The number of aromatic nitrogens is 3. The predicted octanol–water partition coefficient (Wildman–Crippen LogP) is 3.81. The number of hydrogen-bond donors (Lipinski definition) is 2. The Morgan fingerprint density at radius 3 is 2.63 bits per heavy atom. The van der Waals surface area contributed by atoms with Crippen LogP contribution in [0.15, 0.2) is 54.6 Å². The number of nitrogens with one attached hydrogen (secondary N) is 1. The number of hydrogen-bond acceptors (Lipinski definition) is 6. The quantitative estimate of drug-likeness (QED) is 0.627. The third kappa shape index (κ3) is 4.51. The number of Topliss-reactive ketones (excluding diaryl/α,β-unsaturated/α-hetero) is 1. The van der Waals surface area contributed by atoms with Crippen LogP contribution >= 0.6 is 11.6 Å². The number of anilines is 3. The van der Waals surface area contributed by atoms with E-state index in [9.17, 15) is 9.59 Å². The first-order chi connectivity index (χ1) is 12.9. The zero-order valence-electron chi connectivity index (χ0n) is 14.6. The molecule has 0 amide bonds. The lowest BCUT2D eigenvalue weighted by atomic mass is 9.96. The van der Waals surface area contributed by atoms with Gasteiger partial charge in [-0.15, -0.1) is 5.10 Å². The number of ketones is 1. The Labute approximate surface area is 161 Å². The maximum absolute atomic E-state index is 12.5. The fraction of sp³-hybridized carbons (Fsp3) is 0.158. The molecule has 7 nitrogen and oxygen atoms in total. The van der Waals surface area contributed by atoms with E-state index in [1.165, 1.54) is 0 Å². The molecule has 2 aromatic carbocycles. The summed E-state index contributed by atoms with van der Waals surface area (Å²) in [5.74, 6) is -0.905. The Bertz CT molecular complexity index is 971. The molecule has 8 heteroatoms. The van der Waals surface area contributed by atoms with Gasteiger partial charge >= 0.3 is 0 Å². The number of nitrogen functional groups attached to an aromatic ring is 1. The van der Waals surface area contributed by atoms with Crippen molar-refractivity contribution in [1.82, 2.24) is 14.8 Å². The molecule has 0 aliphatic carbocycles. The van der Waals surface area contributed by atoms with Crippen LogP contribution in [0.4, 0.5) is 17.6 Å². The van der Waals surface area contributed by atoms with Crippen molar-refractivity contribution in [3.63, 3.8) is 0 Å². The first-order valence-corrected chi connectivity index (χ1v) is 8.69. The molecule has 0 saturated carbocycles. The van der Waals surface area contributed by atoms with Crippen molar-refractivity contribution in [3.05, 3.63) is 65.2 Å². The van der Waals surface area contributed by atoms with Crippen molar-refractivity contribution in [2.75, 3.05) is 11.1 Å². The summed E-state index contributed by atoms with van der Waals surface area (Å²) in [4.78, 5) is 29.0. The van der Waals surface area contributed by atoms with Gasteiger partial charge in [0.25, 0.3) is 5.91 Å². The summed E-state index contributed by atoms with van der Waals surface area (Å²) in [6.07, 6.45) is -0.0299. The first kappa shape index (κ1) is 18.6. The zero-order chi connectivity index (χ0) is 19.4. The van der Waals surface area contributed by atoms with Gasteiger partial charge in [0, 0.05) is 28.6 Å². The van der Waals surface area contributed by atoms with Crippen LogP contribution in [0.25, 0.3) is 0 Å². The maximum atomic E-state index is 12.5. The van der Waals surface area contributed by atoms with Gasteiger partial charge in [0.15, 0.2) is 5.78 Å². The van der Waals surface area contributed by atoms with Crippen molar-refractivity contribution >= 4 is 40.9 Å². The Balaban J connectivity index is 1.70. The van der Waals surface area contributed by atoms with E-state index in [2.05, 4.69) is 15.4 Å². The minimum absolute atomic E-state index is 0.0299. The third-order valence-corrected chi connectivity index (χ3v) is 4.17. The van der Waals surface area contributed by atoms with E-state index >= 15 is 0 Å². The van der Waals surface area contributed by atoms with Gasteiger partial charge in [0.1, 0.15) is 0 Å². The topological polar surface area (TPSA) is 103 Å². The van der Waals surface area contributed by atoms with Crippen molar-refractivity contribution in [3.8, 4) is 0 Å². The number of nitrogens with zero attached hydrogens (tertiary/aromatic N) is 3. The molecule has 3 aromatic rings. The van der Waals surface area contributed by atoms with E-state index in [0.717, 1.165) is 4.68 Å². The van der Waals surface area contributed by atoms with Gasteiger partial charge < -0.3 is 11.1 Å². The lowest BCUT2D eigenvalue weighted by Gasteiger charge is -2.09. The fourth-order valence-electron chi connectivity index (χ4n) is 2.58. The Morgan fingerprint density at radius 1 is 1.19 bits per heavy atom. The van der Waals surface area contributed by atoms with Crippen molar-refractivity contribution < 1.29 is 9.59 Å². The Hall–Kier alpha value is -3.19. The van der Waals surface area contributed by atoms with Crippen molar-refractivity contribution in [1.29, 1.82) is 0 Å². The fourth-order valence-corrected chi connectivity index (χ4v) is 2.77. The van der Waals surface area contributed by atoms with Crippen LogP contribution in [0, 0.1) is 5.92 Å². The van der Waals surface area contributed by atoms with Crippen molar-refractivity contribution in [2.24, 2.45) is 5.92 Å². The highest BCUT2D eigenvalue weighted by Crippen LogP contribution is 2.19. The summed E-state index contributed by atoms with van der Waals surface area (Å²) in [6, 6.07) is 15.8. The van der Waals surface area contributed by atoms with Gasteiger partial charge in [-0.1, -0.05) is 54.9 Å². The molecule has 0 fully saturated rings. The van der Waals surface area contributed by atoms with Crippen LogP contribution < -0.4 is 11.1 Å². The second-order valence-electron chi connectivity index (χ2n) is 6.07. The van der Waals surface area contributed by atoms with Crippen LogP contribution in [-0.4, -0.2) is 26.5 Å². The van der Waals surface area contributed by atoms with Crippen LogP contribution in [0.3, 0.4) is 0 Å². The zero-order valence-corrected chi connectivity index (χ0v) is 15.3. The molecule has 0 saturated heterocycles. The molecule has 27 heavy (non-hydrogen) atoms. The summed E-state index contributed by atoms with van der Waals surface area (Å²) in [6.45, 7) is 1.70. The van der Waals surface area contributed by atoms with Crippen LogP contribution in [0.1, 0.15) is 28.5 Å². The average molecular weight is 384 g/mol. The minimum atomic E-state index is -0.507. The number of benzene rings is 2. The maximum Gasteiger partial charge on any atom is 0.250 e. The van der Waals surface area contributed by atoms with Crippen LogP contribution in [0.5, 0.6) is 0 Å². The SMILES string of the molecule is CC(CC(=O)n1nc(Nc2cccc(Cl)c2)nc1N)C(=O)c1ccccc1. The molecule has 1 unspecified atom stereocenters. The largest absolute Gasteiger partial charge is 0.368 e. The van der Waals surface area contributed by atoms with E-state index < -0.39 is 11.8 Å². The molecule has 0 aliphatic heterocycles. The van der Waals surface area contributed by atoms with Gasteiger partial charge in [0.05, 0.1) is 0 Å². The van der Waals surface area contributed by atoms with Gasteiger partial charge in [-0.2, -0.15) is 9.67 Å². The molecule has 138 valence electrons. The number of halogens is 1. The molecule has 0 aliphatic rings. The molecule has 0 bridgehead atoms. The predicted molar refractivity (Wildman–Crippen MR) is 104 cm³/mol. The van der Waals surface area contributed by atoms with Gasteiger partial charge in [0.2, 0.25) is 11.9 Å². The van der Waals surface area contributed by atoms with Gasteiger partial charge in [-0.25, -0.2) is 0 Å². The van der Waals surface area contributed by atoms with Crippen molar-refractivity contribution in [2.45, 2.75) is 13.3 Å². The number of rotatable bonds is 6. The molecule has 1 atom stereocenters. The van der Waals surface area contributed by atoms with E-state index in [0.29, 0.717) is 16.3 Å². The van der Waals surface area contributed by atoms with E-state index in [1.807, 2.05) is 6.07 Å². The normalized spacial score (nSPS) is 11.8. The lowest BCUT2D eigenvalue weighted by Crippen LogP contribution is -2.22. The number of carbonyl (C=O) groups excluding carboxylic acids is 2. The molecular formula is C19H18ClN5O2. The van der Waals surface area contributed by atoms with E-state index in [-0.39, 0.29) is 24.1 Å². The highest BCUT2D eigenvalue weighted by Gasteiger charge is 2.22. The summed E-state index contributed by atoms with van der Waals surface area (Å²) in [5, 5.41) is 7.57. The average Bonchev–Trinajstić information content (AvgIpc) is 3.02. The molecule has 3 N–H and O–H groups in total. The standard InChI is InChI=1S/C19H18ClN5O2/c1-12(17(27)13-6-3-2-4-7-13)10-16(26)25-18(21)23-19(24-25)22-15-9-5-8-14(20)11-15/h2-9,11-12H,10H2,1H3,(H3,21,22,23,24). The molecule has 0 spiro atoms. The highest BCUT2D eigenvalue weighted by atomic mass is 35.5. The molecule has 0 radical (unpaired) electrons. The number of nitrogens with two attached hydrogens (primary N) is 1. The smallest absolute Gasteiger partial charge is 0.250 e. The third-order valence-electron chi connectivity index (χ3n) is 3.94. The Morgan fingerprint density at radius 2 is 1.93 bits per heavy atom. The van der Waals surface area contributed by atoms with Gasteiger partial charge in [-0.3, -0.25) is 9.59 Å². The van der Waals surface area contributed by atoms with E-state index in [1.54, 1.807) is 55.5 Å². The summed E-state index contributed by atoms with van der Waals surface area (Å²) in [7, 11) is 0.